The van der Waals surface area contributed by atoms with Crippen molar-refractivity contribution in [2.24, 2.45) is 5.92 Å². The Bertz CT molecular complexity index is 1930. The molecule has 2 heteroatoms. The SMILES string of the molecule is CCC1C/C(c2cccc([C@H]3C=CC=CC3)c2)=C\CN(c2ccccc2)CC(C)(Nc2ccc(C3=CCC(c4ccccc4)CC3)cc2)C/C=C/1C. The lowest BCUT2D eigenvalue weighted by Gasteiger charge is -2.38. The zero-order valence-corrected chi connectivity index (χ0v) is 31.5. The molecule has 0 radical (unpaired) electrons. The number of nitrogens with zero attached hydrogens (tertiary/aromatic N) is 1. The van der Waals surface area contributed by atoms with Crippen LogP contribution >= 0.6 is 0 Å². The maximum Gasteiger partial charge on any atom is 0.0554 e. The first-order valence-corrected chi connectivity index (χ1v) is 19.7. The van der Waals surface area contributed by atoms with Gasteiger partial charge in [-0.05, 0) is 128 Å². The molecule has 7 rings (SSSR count). The molecule has 3 aliphatic rings. The monoisotopic (exact) mass is 684 g/mol. The van der Waals surface area contributed by atoms with Gasteiger partial charge in [-0.25, -0.2) is 0 Å². The van der Waals surface area contributed by atoms with Gasteiger partial charge in [-0.1, -0.05) is 140 Å². The third-order valence-corrected chi connectivity index (χ3v) is 11.7. The molecule has 1 heterocycles. The van der Waals surface area contributed by atoms with Crippen molar-refractivity contribution in [3.8, 4) is 0 Å². The van der Waals surface area contributed by atoms with Crippen LogP contribution in [0.1, 0.15) is 99.8 Å². The maximum atomic E-state index is 4.05. The second-order valence-corrected chi connectivity index (χ2v) is 15.6. The Hall–Kier alpha value is -4.82. The number of hydrogen-bond donors (Lipinski definition) is 1. The molecule has 1 aliphatic heterocycles. The molecule has 0 fully saturated rings. The lowest BCUT2D eigenvalue weighted by molar-refractivity contribution is 0.508. The molecule has 0 bridgehead atoms. The van der Waals surface area contributed by atoms with E-state index in [4.69, 9.17) is 0 Å². The molecule has 0 saturated carbocycles. The average Bonchev–Trinajstić information content (AvgIpc) is 3.23. The van der Waals surface area contributed by atoms with Crippen LogP contribution in [0.4, 0.5) is 11.4 Å². The fourth-order valence-electron chi connectivity index (χ4n) is 8.50. The molecular weight excluding hydrogens is 629 g/mol. The molecule has 4 aromatic carbocycles. The third-order valence-electron chi connectivity index (χ3n) is 11.7. The number of anilines is 2. The number of para-hydroxylation sites is 1. The van der Waals surface area contributed by atoms with Gasteiger partial charge in [0, 0.05) is 30.4 Å². The van der Waals surface area contributed by atoms with Crippen molar-refractivity contribution in [1.29, 1.82) is 0 Å². The summed E-state index contributed by atoms with van der Waals surface area (Å²) >= 11 is 0. The van der Waals surface area contributed by atoms with E-state index in [0.717, 1.165) is 51.6 Å². The molecule has 0 amide bonds. The minimum absolute atomic E-state index is 0.178. The van der Waals surface area contributed by atoms with Crippen molar-refractivity contribution in [2.45, 2.75) is 83.1 Å². The van der Waals surface area contributed by atoms with Crippen LogP contribution in [0.5, 0.6) is 0 Å². The standard InChI is InChI=1S/C50H56N2/c1-4-39-35-47(46-20-14-19-45(36-46)41-17-10-6-11-18-41)32-34-52(49-21-12-7-13-22-49)37-50(3,33-31-38(39)2)51-48-29-27-44(28-30-48)43-25-23-42(24-26-43)40-15-8-5-9-16-40/h5-17,19-22,25,27-32,36,39,41-42,51H,4,18,23-24,26,33-35,37H2,1-3H3/b38-31+,47-32+/t39?,41-,42?,50?/m0/s1. The van der Waals surface area contributed by atoms with Gasteiger partial charge in [0.2, 0.25) is 0 Å². The van der Waals surface area contributed by atoms with Crippen LogP contribution in [0.25, 0.3) is 11.1 Å². The summed E-state index contributed by atoms with van der Waals surface area (Å²) in [5, 5.41) is 4.05. The smallest absolute Gasteiger partial charge is 0.0554 e. The highest BCUT2D eigenvalue weighted by Gasteiger charge is 2.28. The average molecular weight is 685 g/mol. The summed E-state index contributed by atoms with van der Waals surface area (Å²) in [4.78, 5) is 2.57. The lowest BCUT2D eigenvalue weighted by atomic mass is 9.83. The van der Waals surface area contributed by atoms with E-state index in [1.165, 1.54) is 56.8 Å². The Kier molecular flexibility index (Phi) is 11.4. The van der Waals surface area contributed by atoms with E-state index in [-0.39, 0.29) is 5.54 Å². The molecule has 266 valence electrons. The second-order valence-electron chi connectivity index (χ2n) is 15.6. The Balaban J connectivity index is 1.15. The first kappa shape index (κ1) is 35.6. The summed E-state index contributed by atoms with van der Waals surface area (Å²) in [6.07, 6.45) is 24.2. The van der Waals surface area contributed by atoms with Crippen molar-refractivity contribution in [1.82, 2.24) is 0 Å². The highest BCUT2D eigenvalue weighted by atomic mass is 15.2. The van der Waals surface area contributed by atoms with Crippen LogP contribution in [0.3, 0.4) is 0 Å². The Labute approximate surface area is 313 Å². The van der Waals surface area contributed by atoms with E-state index < -0.39 is 0 Å². The van der Waals surface area contributed by atoms with E-state index in [9.17, 15) is 0 Å². The predicted molar refractivity (Wildman–Crippen MR) is 225 cm³/mol. The van der Waals surface area contributed by atoms with Gasteiger partial charge in [-0.15, -0.1) is 0 Å². The maximum absolute atomic E-state index is 4.05. The molecule has 0 spiro atoms. The van der Waals surface area contributed by atoms with E-state index >= 15 is 0 Å². The van der Waals surface area contributed by atoms with Crippen LogP contribution in [-0.2, 0) is 0 Å². The second kappa shape index (κ2) is 16.7. The fraction of sp³-hybridized carbons (Fsp3) is 0.320. The van der Waals surface area contributed by atoms with Gasteiger partial charge in [-0.2, -0.15) is 0 Å². The predicted octanol–water partition coefficient (Wildman–Crippen LogP) is 13.2. The van der Waals surface area contributed by atoms with Crippen molar-refractivity contribution < 1.29 is 0 Å². The largest absolute Gasteiger partial charge is 0.378 e. The molecular formula is C50H56N2. The molecule has 0 saturated heterocycles. The number of hydrogen-bond acceptors (Lipinski definition) is 2. The van der Waals surface area contributed by atoms with Gasteiger partial charge >= 0.3 is 0 Å². The number of nitrogens with one attached hydrogen (secondary N) is 1. The molecule has 3 unspecified atom stereocenters. The van der Waals surface area contributed by atoms with E-state index in [2.05, 4.69) is 183 Å². The van der Waals surface area contributed by atoms with Crippen molar-refractivity contribution >= 4 is 22.5 Å². The van der Waals surface area contributed by atoms with Gasteiger partial charge in [0.05, 0.1) is 5.54 Å². The highest BCUT2D eigenvalue weighted by Crippen LogP contribution is 2.37. The molecule has 0 aromatic heterocycles. The molecule has 2 aliphatic carbocycles. The van der Waals surface area contributed by atoms with Gasteiger partial charge in [-0.3, -0.25) is 0 Å². The summed E-state index contributed by atoms with van der Waals surface area (Å²) in [6.45, 7) is 8.87. The van der Waals surface area contributed by atoms with Gasteiger partial charge in [0.1, 0.15) is 0 Å². The van der Waals surface area contributed by atoms with Gasteiger partial charge in [0.15, 0.2) is 0 Å². The van der Waals surface area contributed by atoms with Gasteiger partial charge in [0.25, 0.3) is 0 Å². The van der Waals surface area contributed by atoms with Crippen molar-refractivity contribution in [3.63, 3.8) is 0 Å². The number of rotatable bonds is 8. The van der Waals surface area contributed by atoms with E-state index in [1.54, 1.807) is 0 Å². The zero-order chi connectivity index (χ0) is 35.8. The number of allylic oxidation sites excluding steroid dienone is 8. The quantitative estimate of drug-likeness (QED) is 0.186. The summed E-state index contributed by atoms with van der Waals surface area (Å²) in [5.74, 6) is 1.58. The fourth-order valence-corrected chi connectivity index (χ4v) is 8.50. The van der Waals surface area contributed by atoms with Crippen LogP contribution in [0.15, 0.2) is 157 Å². The van der Waals surface area contributed by atoms with E-state index in [0.29, 0.717) is 17.8 Å². The zero-order valence-electron chi connectivity index (χ0n) is 31.5. The van der Waals surface area contributed by atoms with Crippen LogP contribution in [0, 0.1) is 5.92 Å². The van der Waals surface area contributed by atoms with E-state index in [1.807, 2.05) is 0 Å². The van der Waals surface area contributed by atoms with Crippen LogP contribution in [0.2, 0.25) is 0 Å². The van der Waals surface area contributed by atoms with Crippen molar-refractivity contribution in [2.75, 3.05) is 23.3 Å². The molecule has 52 heavy (non-hydrogen) atoms. The highest BCUT2D eigenvalue weighted by molar-refractivity contribution is 5.69. The molecule has 1 N–H and O–H groups in total. The minimum atomic E-state index is -0.178. The first-order valence-electron chi connectivity index (χ1n) is 19.7. The minimum Gasteiger partial charge on any atom is -0.378 e. The van der Waals surface area contributed by atoms with Gasteiger partial charge < -0.3 is 10.2 Å². The Morgan fingerprint density at radius 1 is 0.750 bits per heavy atom. The summed E-state index contributed by atoms with van der Waals surface area (Å²) < 4.78 is 0. The normalized spacial score (nSPS) is 25.9. The Morgan fingerprint density at radius 2 is 1.52 bits per heavy atom. The summed E-state index contributed by atoms with van der Waals surface area (Å²) in [5.41, 5.74) is 12.3. The summed E-state index contributed by atoms with van der Waals surface area (Å²) in [6, 6.07) is 40.6. The molecule has 4 aromatic rings. The lowest BCUT2D eigenvalue weighted by Crippen LogP contribution is -2.46. The molecule has 4 atom stereocenters. The number of benzene rings is 4. The topological polar surface area (TPSA) is 15.3 Å². The first-order chi connectivity index (χ1) is 25.5. The Morgan fingerprint density at radius 3 is 2.23 bits per heavy atom. The van der Waals surface area contributed by atoms with Crippen LogP contribution in [-0.4, -0.2) is 18.6 Å². The van der Waals surface area contributed by atoms with Crippen LogP contribution < -0.4 is 10.2 Å². The molecule has 2 nitrogen and oxygen atoms in total. The van der Waals surface area contributed by atoms with Crippen molar-refractivity contribution in [3.05, 3.63) is 180 Å². The summed E-state index contributed by atoms with van der Waals surface area (Å²) in [7, 11) is 0. The third kappa shape index (κ3) is 8.79.